The fourth-order valence-electron chi connectivity index (χ4n) is 2.36. The number of benzene rings is 2. The number of carbonyl (C=O) groups excluding carboxylic acids is 1. The molecule has 0 aliphatic carbocycles. The lowest BCUT2D eigenvalue weighted by atomic mass is 10.2. The average Bonchev–Trinajstić information content (AvgIpc) is 2.53. The van der Waals surface area contributed by atoms with Gasteiger partial charge in [0.1, 0.15) is 11.9 Å². The molecule has 0 radical (unpaired) electrons. The van der Waals surface area contributed by atoms with Crippen LogP contribution < -0.4 is 9.62 Å². The van der Waals surface area contributed by atoms with Gasteiger partial charge in [0.15, 0.2) is 0 Å². The van der Waals surface area contributed by atoms with Crippen LogP contribution in [-0.2, 0) is 21.4 Å². The van der Waals surface area contributed by atoms with Crippen LogP contribution in [-0.4, -0.2) is 26.6 Å². The Morgan fingerprint density at radius 2 is 1.88 bits per heavy atom. The van der Waals surface area contributed by atoms with Gasteiger partial charge in [-0.25, -0.2) is 12.8 Å². The first-order chi connectivity index (χ1) is 11.7. The smallest absolute Gasteiger partial charge is 0.243 e. The molecule has 134 valence electrons. The van der Waals surface area contributed by atoms with Gasteiger partial charge in [-0.2, -0.15) is 0 Å². The Bertz CT molecular complexity index is 856. The molecule has 0 heterocycles. The van der Waals surface area contributed by atoms with E-state index >= 15 is 0 Å². The maximum absolute atomic E-state index is 12.9. The minimum atomic E-state index is -3.70. The first kappa shape index (κ1) is 19.2. The van der Waals surface area contributed by atoms with Crippen molar-refractivity contribution >= 4 is 33.2 Å². The number of nitrogens with one attached hydrogen (secondary N) is 1. The fourth-order valence-corrected chi connectivity index (χ4v) is 3.71. The Labute approximate surface area is 151 Å². The van der Waals surface area contributed by atoms with E-state index in [-0.39, 0.29) is 12.4 Å². The molecule has 0 aliphatic rings. The van der Waals surface area contributed by atoms with E-state index in [9.17, 15) is 17.6 Å². The molecule has 0 bridgehead atoms. The molecule has 0 saturated heterocycles. The number of nitrogens with zero attached hydrogens (tertiary/aromatic N) is 1. The van der Waals surface area contributed by atoms with Gasteiger partial charge in [0.2, 0.25) is 15.9 Å². The summed E-state index contributed by atoms with van der Waals surface area (Å²) in [6.45, 7) is 1.65. The second-order valence-electron chi connectivity index (χ2n) is 5.56. The lowest BCUT2D eigenvalue weighted by Crippen LogP contribution is -2.47. The molecular formula is C17H18ClFN2O3S. The molecular weight excluding hydrogens is 367 g/mol. The van der Waals surface area contributed by atoms with Crippen molar-refractivity contribution in [3.8, 4) is 0 Å². The van der Waals surface area contributed by atoms with Crippen molar-refractivity contribution in [2.75, 3.05) is 10.6 Å². The average molecular weight is 385 g/mol. The Morgan fingerprint density at radius 1 is 1.24 bits per heavy atom. The summed E-state index contributed by atoms with van der Waals surface area (Å²) >= 11 is 5.92. The standard InChI is InChI=1S/C17H18ClFN2O3S/c1-12(17(22)20-11-13-6-8-15(19)9-7-13)21(25(2,23)24)16-5-3-4-14(18)10-16/h3-10,12H,11H2,1-2H3,(H,20,22)/t12-/m1/s1. The zero-order valence-corrected chi connectivity index (χ0v) is 15.3. The molecule has 0 fully saturated rings. The van der Waals surface area contributed by atoms with Gasteiger partial charge in [0.25, 0.3) is 0 Å². The summed E-state index contributed by atoms with van der Waals surface area (Å²) in [5.74, 6) is -0.845. The Hall–Kier alpha value is -2.12. The van der Waals surface area contributed by atoms with Gasteiger partial charge in [-0.1, -0.05) is 29.8 Å². The number of hydrogen-bond acceptors (Lipinski definition) is 3. The third-order valence-electron chi connectivity index (χ3n) is 3.53. The van der Waals surface area contributed by atoms with E-state index in [1.165, 1.54) is 25.1 Å². The zero-order chi connectivity index (χ0) is 18.6. The number of amides is 1. The van der Waals surface area contributed by atoms with Crippen LogP contribution in [0.5, 0.6) is 0 Å². The van der Waals surface area contributed by atoms with E-state index in [2.05, 4.69) is 5.32 Å². The number of hydrogen-bond donors (Lipinski definition) is 1. The van der Waals surface area contributed by atoms with Crippen molar-refractivity contribution < 1.29 is 17.6 Å². The van der Waals surface area contributed by atoms with Gasteiger partial charge in [-0.05, 0) is 42.8 Å². The van der Waals surface area contributed by atoms with Gasteiger partial charge in [-0.15, -0.1) is 0 Å². The lowest BCUT2D eigenvalue weighted by molar-refractivity contribution is -0.122. The Kier molecular flexibility index (Phi) is 6.02. The minimum Gasteiger partial charge on any atom is -0.350 e. The number of carbonyl (C=O) groups is 1. The number of rotatable bonds is 6. The van der Waals surface area contributed by atoms with Crippen molar-refractivity contribution in [2.45, 2.75) is 19.5 Å². The zero-order valence-electron chi connectivity index (χ0n) is 13.7. The molecule has 0 aliphatic heterocycles. The summed E-state index contributed by atoms with van der Waals surface area (Å²) in [5.41, 5.74) is 1.01. The van der Waals surface area contributed by atoms with Gasteiger partial charge < -0.3 is 5.32 Å². The van der Waals surface area contributed by atoms with E-state index < -0.39 is 22.0 Å². The normalized spacial score (nSPS) is 12.5. The molecule has 2 rings (SSSR count). The summed E-state index contributed by atoms with van der Waals surface area (Å²) in [6.07, 6.45) is 1.03. The van der Waals surface area contributed by atoms with Crippen molar-refractivity contribution in [1.29, 1.82) is 0 Å². The molecule has 2 aromatic rings. The maximum atomic E-state index is 12.9. The highest BCUT2D eigenvalue weighted by Gasteiger charge is 2.29. The van der Waals surface area contributed by atoms with Crippen LogP contribution in [0.25, 0.3) is 0 Å². The number of halogens is 2. The summed E-state index contributed by atoms with van der Waals surface area (Å²) in [5, 5.41) is 3.02. The van der Waals surface area contributed by atoms with Gasteiger partial charge in [0.05, 0.1) is 11.9 Å². The highest BCUT2D eigenvalue weighted by atomic mass is 35.5. The number of sulfonamides is 1. The molecule has 1 amide bonds. The third-order valence-corrected chi connectivity index (χ3v) is 5.01. The summed E-state index contributed by atoms with van der Waals surface area (Å²) in [6, 6.07) is 11.0. The van der Waals surface area contributed by atoms with Gasteiger partial charge >= 0.3 is 0 Å². The van der Waals surface area contributed by atoms with Crippen LogP contribution in [0.2, 0.25) is 5.02 Å². The highest BCUT2D eigenvalue weighted by Crippen LogP contribution is 2.24. The highest BCUT2D eigenvalue weighted by molar-refractivity contribution is 7.92. The van der Waals surface area contributed by atoms with Crippen molar-refractivity contribution in [1.82, 2.24) is 5.32 Å². The molecule has 25 heavy (non-hydrogen) atoms. The minimum absolute atomic E-state index is 0.163. The van der Waals surface area contributed by atoms with E-state index in [0.29, 0.717) is 16.3 Å². The van der Waals surface area contributed by atoms with Gasteiger partial charge in [-0.3, -0.25) is 9.10 Å². The van der Waals surface area contributed by atoms with Crippen molar-refractivity contribution in [3.05, 3.63) is 64.9 Å². The van der Waals surface area contributed by atoms with Gasteiger partial charge in [0, 0.05) is 11.6 Å². The van der Waals surface area contributed by atoms with E-state index in [4.69, 9.17) is 11.6 Å². The van der Waals surface area contributed by atoms with Crippen molar-refractivity contribution in [2.24, 2.45) is 0 Å². The second-order valence-corrected chi connectivity index (χ2v) is 7.85. The summed E-state index contributed by atoms with van der Waals surface area (Å²) in [4.78, 5) is 12.4. The molecule has 8 heteroatoms. The molecule has 0 aromatic heterocycles. The fraction of sp³-hybridized carbons (Fsp3) is 0.235. The van der Waals surface area contributed by atoms with Crippen LogP contribution in [0.4, 0.5) is 10.1 Å². The Morgan fingerprint density at radius 3 is 2.44 bits per heavy atom. The molecule has 0 spiro atoms. The molecule has 0 unspecified atom stereocenters. The van der Waals surface area contributed by atoms with E-state index in [0.717, 1.165) is 10.6 Å². The predicted octanol–water partition coefficient (Wildman–Crippen LogP) is 2.95. The first-order valence-electron chi connectivity index (χ1n) is 7.45. The molecule has 2 aromatic carbocycles. The Balaban J connectivity index is 2.17. The predicted molar refractivity (Wildman–Crippen MR) is 96.5 cm³/mol. The molecule has 5 nitrogen and oxygen atoms in total. The summed E-state index contributed by atoms with van der Waals surface area (Å²) in [7, 11) is -3.70. The van der Waals surface area contributed by atoms with Crippen LogP contribution >= 0.6 is 11.6 Å². The van der Waals surface area contributed by atoms with E-state index in [1.54, 1.807) is 30.3 Å². The van der Waals surface area contributed by atoms with Crippen LogP contribution in [0.3, 0.4) is 0 Å². The quantitative estimate of drug-likeness (QED) is 0.832. The van der Waals surface area contributed by atoms with Crippen LogP contribution in [0, 0.1) is 5.82 Å². The molecule has 1 atom stereocenters. The van der Waals surface area contributed by atoms with Crippen LogP contribution in [0.15, 0.2) is 48.5 Å². The molecule has 0 saturated carbocycles. The topological polar surface area (TPSA) is 66.5 Å². The monoisotopic (exact) mass is 384 g/mol. The number of anilines is 1. The summed E-state index contributed by atoms with van der Waals surface area (Å²) < 4.78 is 38.2. The SMILES string of the molecule is C[C@H](C(=O)NCc1ccc(F)cc1)N(c1cccc(Cl)c1)S(C)(=O)=O. The van der Waals surface area contributed by atoms with Crippen molar-refractivity contribution in [3.63, 3.8) is 0 Å². The van der Waals surface area contributed by atoms with Crippen LogP contribution in [0.1, 0.15) is 12.5 Å². The lowest BCUT2D eigenvalue weighted by Gasteiger charge is -2.28. The third kappa shape index (κ3) is 5.17. The second kappa shape index (κ2) is 7.84. The largest absolute Gasteiger partial charge is 0.350 e. The maximum Gasteiger partial charge on any atom is 0.243 e. The first-order valence-corrected chi connectivity index (χ1v) is 9.68. The molecule has 1 N–H and O–H groups in total. The van der Waals surface area contributed by atoms with E-state index in [1.807, 2.05) is 0 Å².